The second-order valence-corrected chi connectivity index (χ2v) is 7.56. The SMILES string of the molecule is NC1C2CCCC1CC(C(=O)N1CCN(c3ncccn3)CC1)C2. The molecule has 1 aromatic heterocycles. The molecule has 3 aliphatic rings. The second-order valence-electron chi connectivity index (χ2n) is 7.56. The normalized spacial score (nSPS) is 33.4. The molecule has 1 aliphatic heterocycles. The largest absolute Gasteiger partial charge is 0.339 e. The Balaban J connectivity index is 1.35. The Hall–Kier alpha value is -1.69. The van der Waals surface area contributed by atoms with Crippen molar-refractivity contribution in [1.29, 1.82) is 0 Å². The number of carbonyl (C=O) groups is 1. The zero-order valence-corrected chi connectivity index (χ0v) is 14.2. The van der Waals surface area contributed by atoms with E-state index in [1.54, 1.807) is 12.4 Å². The molecule has 2 N–H and O–H groups in total. The first-order valence-corrected chi connectivity index (χ1v) is 9.28. The van der Waals surface area contributed by atoms with Gasteiger partial charge in [0, 0.05) is 50.5 Å². The first-order valence-electron chi connectivity index (χ1n) is 9.28. The molecule has 0 spiro atoms. The van der Waals surface area contributed by atoms with E-state index in [2.05, 4.69) is 19.8 Å². The molecule has 0 radical (unpaired) electrons. The predicted molar refractivity (Wildman–Crippen MR) is 92.4 cm³/mol. The highest BCUT2D eigenvalue weighted by atomic mass is 16.2. The van der Waals surface area contributed by atoms with E-state index in [9.17, 15) is 4.79 Å². The van der Waals surface area contributed by atoms with Crippen LogP contribution in [0.2, 0.25) is 0 Å². The summed E-state index contributed by atoms with van der Waals surface area (Å²) >= 11 is 0. The fourth-order valence-electron chi connectivity index (χ4n) is 4.83. The van der Waals surface area contributed by atoms with Gasteiger partial charge in [0.05, 0.1) is 0 Å². The topological polar surface area (TPSA) is 75.4 Å². The first-order chi connectivity index (χ1) is 11.7. The van der Waals surface area contributed by atoms with Gasteiger partial charge in [0.15, 0.2) is 0 Å². The Labute approximate surface area is 143 Å². The summed E-state index contributed by atoms with van der Waals surface area (Å²) < 4.78 is 0. The van der Waals surface area contributed by atoms with Gasteiger partial charge in [0.1, 0.15) is 0 Å². The molecular formula is C18H27N5O. The standard InChI is InChI=1S/C18H27N5O/c19-16-13-3-1-4-14(16)12-15(11-13)17(24)22-7-9-23(10-8-22)18-20-5-2-6-21-18/h2,5-6,13-16H,1,3-4,7-12,19H2. The molecular weight excluding hydrogens is 302 g/mol. The number of rotatable bonds is 2. The van der Waals surface area contributed by atoms with Crippen molar-refractivity contribution in [3.63, 3.8) is 0 Å². The van der Waals surface area contributed by atoms with Gasteiger partial charge in [-0.1, -0.05) is 6.42 Å². The van der Waals surface area contributed by atoms with E-state index in [1.165, 1.54) is 19.3 Å². The summed E-state index contributed by atoms with van der Waals surface area (Å²) in [6, 6.07) is 2.16. The van der Waals surface area contributed by atoms with E-state index in [0.29, 0.717) is 23.8 Å². The Morgan fingerprint density at radius 2 is 1.67 bits per heavy atom. The molecule has 2 heterocycles. The van der Waals surface area contributed by atoms with E-state index in [1.807, 2.05) is 6.07 Å². The van der Waals surface area contributed by atoms with Crippen molar-refractivity contribution in [2.75, 3.05) is 31.1 Å². The molecule has 2 unspecified atom stereocenters. The number of hydrogen-bond donors (Lipinski definition) is 1. The van der Waals surface area contributed by atoms with E-state index in [0.717, 1.165) is 45.0 Å². The quantitative estimate of drug-likeness (QED) is 0.884. The summed E-state index contributed by atoms with van der Waals surface area (Å²) in [5.74, 6) is 2.44. The Morgan fingerprint density at radius 1 is 1.04 bits per heavy atom. The Bertz CT molecular complexity index is 558. The summed E-state index contributed by atoms with van der Waals surface area (Å²) in [6.07, 6.45) is 9.24. The lowest BCUT2D eigenvalue weighted by molar-refractivity contribution is -0.139. The smallest absolute Gasteiger partial charge is 0.225 e. The van der Waals surface area contributed by atoms with Gasteiger partial charge in [-0.2, -0.15) is 0 Å². The van der Waals surface area contributed by atoms with Crippen LogP contribution in [-0.4, -0.2) is 53.0 Å². The second kappa shape index (κ2) is 6.67. The summed E-state index contributed by atoms with van der Waals surface area (Å²) in [7, 11) is 0. The Kier molecular flexibility index (Phi) is 4.39. The molecule has 6 nitrogen and oxygen atoms in total. The lowest BCUT2D eigenvalue weighted by Crippen LogP contribution is -2.54. The van der Waals surface area contributed by atoms with Crippen molar-refractivity contribution < 1.29 is 4.79 Å². The zero-order chi connectivity index (χ0) is 16.5. The van der Waals surface area contributed by atoms with Crippen LogP contribution >= 0.6 is 0 Å². The molecule has 1 aromatic rings. The highest BCUT2D eigenvalue weighted by Crippen LogP contribution is 2.42. The summed E-state index contributed by atoms with van der Waals surface area (Å²) in [4.78, 5) is 25.8. The first kappa shape index (κ1) is 15.8. The lowest BCUT2D eigenvalue weighted by Gasteiger charge is -2.45. The highest BCUT2D eigenvalue weighted by Gasteiger charge is 2.41. The van der Waals surface area contributed by atoms with Crippen molar-refractivity contribution in [2.24, 2.45) is 23.5 Å². The molecule has 2 saturated carbocycles. The van der Waals surface area contributed by atoms with Gasteiger partial charge < -0.3 is 15.5 Å². The number of nitrogens with zero attached hydrogens (tertiary/aromatic N) is 4. The zero-order valence-electron chi connectivity index (χ0n) is 14.2. The van der Waals surface area contributed by atoms with Gasteiger partial charge in [-0.3, -0.25) is 4.79 Å². The summed E-state index contributed by atoms with van der Waals surface area (Å²) in [6.45, 7) is 3.17. The van der Waals surface area contributed by atoms with E-state index < -0.39 is 0 Å². The van der Waals surface area contributed by atoms with Crippen LogP contribution in [0.5, 0.6) is 0 Å². The molecule has 2 aliphatic carbocycles. The number of nitrogens with two attached hydrogens (primary N) is 1. The van der Waals surface area contributed by atoms with Gasteiger partial charge in [0.2, 0.25) is 11.9 Å². The number of carbonyl (C=O) groups excluding carboxylic acids is 1. The fourth-order valence-corrected chi connectivity index (χ4v) is 4.83. The summed E-state index contributed by atoms with van der Waals surface area (Å²) in [5.41, 5.74) is 6.36. The molecule has 2 atom stereocenters. The average molecular weight is 329 g/mol. The van der Waals surface area contributed by atoms with Gasteiger partial charge in [-0.05, 0) is 43.6 Å². The van der Waals surface area contributed by atoms with Gasteiger partial charge in [-0.15, -0.1) is 0 Å². The van der Waals surface area contributed by atoms with Crippen LogP contribution < -0.4 is 10.6 Å². The molecule has 1 amide bonds. The van der Waals surface area contributed by atoms with Crippen LogP contribution in [0.25, 0.3) is 0 Å². The van der Waals surface area contributed by atoms with Crippen molar-refractivity contribution >= 4 is 11.9 Å². The molecule has 0 aromatic carbocycles. The van der Waals surface area contributed by atoms with Gasteiger partial charge in [-0.25, -0.2) is 9.97 Å². The van der Waals surface area contributed by atoms with Crippen molar-refractivity contribution in [3.05, 3.63) is 18.5 Å². The number of fused-ring (bicyclic) bond motifs is 2. The monoisotopic (exact) mass is 329 g/mol. The molecule has 3 fully saturated rings. The van der Waals surface area contributed by atoms with Crippen LogP contribution in [0.15, 0.2) is 18.5 Å². The van der Waals surface area contributed by atoms with E-state index in [4.69, 9.17) is 5.73 Å². The number of piperazine rings is 1. The minimum Gasteiger partial charge on any atom is -0.339 e. The number of anilines is 1. The van der Waals surface area contributed by atoms with Crippen molar-refractivity contribution in [1.82, 2.24) is 14.9 Å². The van der Waals surface area contributed by atoms with Crippen molar-refractivity contribution in [2.45, 2.75) is 38.1 Å². The van der Waals surface area contributed by atoms with E-state index in [-0.39, 0.29) is 5.92 Å². The van der Waals surface area contributed by atoms with Crippen LogP contribution in [0.4, 0.5) is 5.95 Å². The third-order valence-electron chi connectivity index (χ3n) is 6.19. The number of hydrogen-bond acceptors (Lipinski definition) is 5. The minimum absolute atomic E-state index is 0.194. The lowest BCUT2D eigenvalue weighted by atomic mass is 9.65. The maximum Gasteiger partial charge on any atom is 0.225 e. The number of aromatic nitrogens is 2. The maximum absolute atomic E-state index is 13.0. The summed E-state index contributed by atoms with van der Waals surface area (Å²) in [5, 5.41) is 0. The Morgan fingerprint density at radius 3 is 2.29 bits per heavy atom. The van der Waals surface area contributed by atoms with Gasteiger partial charge in [0.25, 0.3) is 0 Å². The van der Waals surface area contributed by atoms with Crippen LogP contribution in [-0.2, 0) is 4.79 Å². The van der Waals surface area contributed by atoms with E-state index >= 15 is 0 Å². The maximum atomic E-state index is 13.0. The van der Waals surface area contributed by atoms with Gasteiger partial charge >= 0.3 is 0 Å². The molecule has 1 saturated heterocycles. The predicted octanol–water partition coefficient (Wildman–Crippen LogP) is 1.28. The third kappa shape index (κ3) is 2.99. The minimum atomic E-state index is 0.194. The van der Waals surface area contributed by atoms with Crippen LogP contribution in [0.1, 0.15) is 32.1 Å². The molecule has 130 valence electrons. The molecule has 4 rings (SSSR count). The molecule has 2 bridgehead atoms. The molecule has 24 heavy (non-hydrogen) atoms. The average Bonchev–Trinajstić information content (AvgIpc) is 2.62. The number of amides is 1. The highest BCUT2D eigenvalue weighted by molar-refractivity contribution is 5.79. The van der Waals surface area contributed by atoms with Crippen molar-refractivity contribution in [3.8, 4) is 0 Å². The van der Waals surface area contributed by atoms with Crippen LogP contribution in [0.3, 0.4) is 0 Å². The van der Waals surface area contributed by atoms with Crippen LogP contribution in [0, 0.1) is 17.8 Å². The fraction of sp³-hybridized carbons (Fsp3) is 0.722. The third-order valence-corrected chi connectivity index (χ3v) is 6.19. The molecule has 6 heteroatoms.